The summed E-state index contributed by atoms with van der Waals surface area (Å²) in [4.78, 5) is 11.0. The summed E-state index contributed by atoms with van der Waals surface area (Å²) in [5.74, 6) is 5.22. The van der Waals surface area contributed by atoms with Gasteiger partial charge in [-0.15, -0.1) is 0 Å². The summed E-state index contributed by atoms with van der Waals surface area (Å²) in [7, 11) is 1.53. The Kier molecular flexibility index (Phi) is 3.71. The molecule has 0 bridgehead atoms. The monoisotopic (exact) mass is 188 g/mol. The summed E-state index contributed by atoms with van der Waals surface area (Å²) in [5.41, 5.74) is 6.34. The van der Waals surface area contributed by atoms with E-state index in [0.717, 1.165) is 5.56 Å². The molecule has 3 heteroatoms. The first-order valence-corrected chi connectivity index (χ1v) is 4.28. The summed E-state index contributed by atoms with van der Waals surface area (Å²) in [6.07, 6.45) is 0. The van der Waals surface area contributed by atoms with Crippen LogP contribution in [0.5, 0.6) is 0 Å². The van der Waals surface area contributed by atoms with E-state index in [1.54, 1.807) is 0 Å². The van der Waals surface area contributed by atoms with Crippen molar-refractivity contribution in [3.8, 4) is 11.8 Å². The minimum atomic E-state index is -0.764. The van der Waals surface area contributed by atoms with Crippen LogP contribution in [0.15, 0.2) is 30.3 Å². The molecule has 0 aromatic heterocycles. The SMILES string of the molecule is CNC(=O)[C@@H](N)C#Cc1ccccc1. The third kappa shape index (κ3) is 2.92. The maximum absolute atomic E-state index is 11.0. The molecule has 0 spiro atoms. The average molecular weight is 188 g/mol. The van der Waals surface area contributed by atoms with Crippen LogP contribution in [0.2, 0.25) is 0 Å². The van der Waals surface area contributed by atoms with Crippen molar-refractivity contribution in [2.75, 3.05) is 7.05 Å². The van der Waals surface area contributed by atoms with E-state index in [1.165, 1.54) is 7.05 Å². The quantitative estimate of drug-likeness (QED) is 0.615. The Morgan fingerprint density at radius 2 is 2.07 bits per heavy atom. The molecule has 0 aliphatic heterocycles. The van der Waals surface area contributed by atoms with E-state index in [1.807, 2.05) is 30.3 Å². The van der Waals surface area contributed by atoms with Crippen LogP contribution in [-0.4, -0.2) is 19.0 Å². The molecule has 0 aliphatic carbocycles. The fourth-order valence-corrected chi connectivity index (χ4v) is 0.904. The Labute approximate surface area is 83.3 Å². The van der Waals surface area contributed by atoms with Gasteiger partial charge in [0.1, 0.15) is 6.04 Å². The second-order valence-electron chi connectivity index (χ2n) is 2.73. The number of rotatable bonds is 1. The zero-order valence-electron chi connectivity index (χ0n) is 7.95. The molecular formula is C11H12N2O. The van der Waals surface area contributed by atoms with Gasteiger partial charge in [-0.05, 0) is 12.1 Å². The van der Waals surface area contributed by atoms with E-state index < -0.39 is 6.04 Å². The van der Waals surface area contributed by atoms with Gasteiger partial charge in [0.15, 0.2) is 0 Å². The van der Waals surface area contributed by atoms with E-state index in [9.17, 15) is 4.79 Å². The molecule has 0 radical (unpaired) electrons. The summed E-state index contributed by atoms with van der Waals surface area (Å²) in [6, 6.07) is 8.64. The van der Waals surface area contributed by atoms with Gasteiger partial charge in [-0.2, -0.15) is 0 Å². The van der Waals surface area contributed by atoms with E-state index in [2.05, 4.69) is 17.2 Å². The van der Waals surface area contributed by atoms with Crippen molar-refractivity contribution >= 4 is 5.91 Å². The molecule has 1 aromatic rings. The van der Waals surface area contributed by atoms with E-state index in [0.29, 0.717) is 0 Å². The number of carbonyl (C=O) groups excluding carboxylic acids is 1. The van der Waals surface area contributed by atoms with Crippen molar-refractivity contribution in [1.29, 1.82) is 0 Å². The average Bonchev–Trinajstić information content (AvgIpc) is 2.26. The van der Waals surface area contributed by atoms with Crippen LogP contribution in [0, 0.1) is 11.8 Å². The summed E-state index contributed by atoms with van der Waals surface area (Å²) < 4.78 is 0. The molecule has 1 atom stereocenters. The molecule has 0 saturated carbocycles. The van der Waals surface area contributed by atoms with Gasteiger partial charge in [-0.25, -0.2) is 0 Å². The molecule has 14 heavy (non-hydrogen) atoms. The van der Waals surface area contributed by atoms with Gasteiger partial charge in [0, 0.05) is 12.6 Å². The molecule has 0 heterocycles. The Morgan fingerprint density at radius 1 is 1.43 bits per heavy atom. The minimum absolute atomic E-state index is 0.270. The molecule has 0 saturated heterocycles. The highest BCUT2D eigenvalue weighted by molar-refractivity contribution is 5.84. The third-order valence-corrected chi connectivity index (χ3v) is 1.67. The highest BCUT2D eigenvalue weighted by atomic mass is 16.2. The third-order valence-electron chi connectivity index (χ3n) is 1.67. The maximum atomic E-state index is 11.0. The number of nitrogens with two attached hydrogens (primary N) is 1. The van der Waals surface area contributed by atoms with Gasteiger partial charge in [-0.3, -0.25) is 4.79 Å². The van der Waals surface area contributed by atoms with Gasteiger partial charge in [-0.1, -0.05) is 30.0 Å². The van der Waals surface area contributed by atoms with E-state index >= 15 is 0 Å². The van der Waals surface area contributed by atoms with Crippen LogP contribution >= 0.6 is 0 Å². The lowest BCUT2D eigenvalue weighted by atomic mass is 10.2. The standard InChI is InChI=1S/C11H12N2O/c1-13-11(14)10(12)8-7-9-5-3-2-4-6-9/h2-6,10H,12H2,1H3,(H,13,14)/t10-/m0/s1. The fourth-order valence-electron chi connectivity index (χ4n) is 0.904. The molecule has 0 aliphatic rings. The number of likely N-dealkylation sites (N-methyl/N-ethyl adjacent to an activating group) is 1. The number of carbonyl (C=O) groups is 1. The van der Waals surface area contributed by atoms with Crippen LogP contribution in [0.4, 0.5) is 0 Å². The van der Waals surface area contributed by atoms with Gasteiger partial charge >= 0.3 is 0 Å². The van der Waals surface area contributed by atoms with Crippen LogP contribution < -0.4 is 11.1 Å². The lowest BCUT2D eigenvalue weighted by molar-refractivity contribution is -0.120. The number of hydrogen-bond donors (Lipinski definition) is 2. The minimum Gasteiger partial charge on any atom is -0.357 e. The number of nitrogens with one attached hydrogen (secondary N) is 1. The number of benzene rings is 1. The van der Waals surface area contributed by atoms with E-state index in [4.69, 9.17) is 5.73 Å². The number of hydrogen-bond acceptors (Lipinski definition) is 2. The molecule has 0 fully saturated rings. The summed E-state index contributed by atoms with van der Waals surface area (Å²) in [5, 5.41) is 2.43. The number of amides is 1. The van der Waals surface area contributed by atoms with Crippen molar-refractivity contribution in [3.05, 3.63) is 35.9 Å². The Bertz CT molecular complexity index is 362. The Hall–Kier alpha value is -1.79. The first-order chi connectivity index (χ1) is 6.74. The van der Waals surface area contributed by atoms with Gasteiger partial charge in [0.05, 0.1) is 0 Å². The van der Waals surface area contributed by atoms with Crippen molar-refractivity contribution in [2.24, 2.45) is 5.73 Å². The van der Waals surface area contributed by atoms with E-state index in [-0.39, 0.29) is 5.91 Å². The Morgan fingerprint density at radius 3 is 2.64 bits per heavy atom. The second kappa shape index (κ2) is 5.05. The lowest BCUT2D eigenvalue weighted by Gasteiger charge is -2.00. The predicted molar refractivity (Wildman–Crippen MR) is 55.4 cm³/mol. The predicted octanol–water partition coefficient (Wildman–Crippen LogP) is 0.111. The molecule has 72 valence electrons. The fraction of sp³-hybridized carbons (Fsp3) is 0.182. The summed E-state index contributed by atoms with van der Waals surface area (Å²) in [6.45, 7) is 0. The van der Waals surface area contributed by atoms with Crippen LogP contribution in [0.25, 0.3) is 0 Å². The molecule has 0 unspecified atom stereocenters. The first kappa shape index (κ1) is 10.3. The molecule has 1 amide bonds. The topological polar surface area (TPSA) is 55.1 Å². The molecule has 3 N–H and O–H groups in total. The summed E-state index contributed by atoms with van der Waals surface area (Å²) >= 11 is 0. The Balaban J connectivity index is 2.69. The van der Waals surface area contributed by atoms with Crippen molar-refractivity contribution in [3.63, 3.8) is 0 Å². The first-order valence-electron chi connectivity index (χ1n) is 4.28. The van der Waals surface area contributed by atoms with Crippen molar-refractivity contribution in [1.82, 2.24) is 5.32 Å². The molecular weight excluding hydrogens is 176 g/mol. The lowest BCUT2D eigenvalue weighted by Crippen LogP contribution is -2.37. The normalized spacial score (nSPS) is 11.0. The van der Waals surface area contributed by atoms with Crippen LogP contribution in [0.3, 0.4) is 0 Å². The van der Waals surface area contributed by atoms with Crippen LogP contribution in [0.1, 0.15) is 5.56 Å². The zero-order chi connectivity index (χ0) is 10.4. The zero-order valence-corrected chi connectivity index (χ0v) is 7.95. The largest absolute Gasteiger partial charge is 0.357 e. The van der Waals surface area contributed by atoms with Crippen LogP contribution in [-0.2, 0) is 4.79 Å². The van der Waals surface area contributed by atoms with Crippen molar-refractivity contribution in [2.45, 2.75) is 6.04 Å². The van der Waals surface area contributed by atoms with Crippen molar-refractivity contribution < 1.29 is 4.79 Å². The van der Waals surface area contributed by atoms with Gasteiger partial charge < -0.3 is 11.1 Å². The maximum Gasteiger partial charge on any atom is 0.249 e. The van der Waals surface area contributed by atoms with Gasteiger partial charge in [0.2, 0.25) is 5.91 Å². The second-order valence-corrected chi connectivity index (χ2v) is 2.73. The smallest absolute Gasteiger partial charge is 0.249 e. The molecule has 3 nitrogen and oxygen atoms in total. The van der Waals surface area contributed by atoms with Gasteiger partial charge in [0.25, 0.3) is 0 Å². The molecule has 1 rings (SSSR count). The highest BCUT2D eigenvalue weighted by Crippen LogP contribution is 1.94. The highest BCUT2D eigenvalue weighted by Gasteiger charge is 2.05. The molecule has 1 aromatic carbocycles.